The molecule has 15 heavy (non-hydrogen) atoms. The van der Waals surface area contributed by atoms with Gasteiger partial charge in [0.2, 0.25) is 0 Å². The maximum absolute atomic E-state index is 10.7. The molecule has 0 heterocycles. The third-order valence-corrected chi connectivity index (χ3v) is 2.21. The van der Waals surface area contributed by atoms with E-state index in [9.17, 15) is 10.1 Å². The first-order valence-corrected chi connectivity index (χ1v) is 4.49. The van der Waals surface area contributed by atoms with Gasteiger partial charge in [0.05, 0.1) is 4.92 Å². The van der Waals surface area contributed by atoms with E-state index in [0.717, 1.165) is 12.2 Å². The molecule has 0 aliphatic heterocycles. The van der Waals surface area contributed by atoms with Crippen LogP contribution in [0.5, 0.6) is 0 Å². The molecule has 0 saturated heterocycles. The number of rotatable bonds is 3. The van der Waals surface area contributed by atoms with Gasteiger partial charge in [-0.15, -0.1) is 0 Å². The van der Waals surface area contributed by atoms with E-state index in [1.807, 2.05) is 18.9 Å². The van der Waals surface area contributed by atoms with Crippen molar-refractivity contribution >= 4 is 11.4 Å². The van der Waals surface area contributed by atoms with E-state index in [-0.39, 0.29) is 11.3 Å². The van der Waals surface area contributed by atoms with E-state index in [4.69, 9.17) is 5.26 Å². The van der Waals surface area contributed by atoms with Gasteiger partial charge in [0.1, 0.15) is 11.6 Å². The van der Waals surface area contributed by atoms with Crippen LogP contribution < -0.4 is 4.90 Å². The van der Waals surface area contributed by atoms with E-state index in [1.165, 1.54) is 12.1 Å². The third kappa shape index (κ3) is 2.23. The Morgan fingerprint density at radius 3 is 2.73 bits per heavy atom. The van der Waals surface area contributed by atoms with Gasteiger partial charge in [-0.1, -0.05) is 0 Å². The standard InChI is InChI=1S/C10H11N3O2/c1-3-12(2)9-5-4-8(7-11)10(6-9)13(14)15/h4-6H,3H2,1-2H3. The van der Waals surface area contributed by atoms with E-state index in [2.05, 4.69) is 0 Å². The predicted molar refractivity (Wildman–Crippen MR) is 56.8 cm³/mol. The molecule has 0 amide bonds. The number of nitrogens with zero attached hydrogens (tertiary/aromatic N) is 3. The molecule has 0 unspecified atom stereocenters. The Morgan fingerprint density at radius 2 is 2.27 bits per heavy atom. The Labute approximate surface area is 87.7 Å². The molecular weight excluding hydrogens is 194 g/mol. The third-order valence-electron chi connectivity index (χ3n) is 2.21. The van der Waals surface area contributed by atoms with E-state index in [0.29, 0.717) is 0 Å². The van der Waals surface area contributed by atoms with Crippen LogP contribution in [0.2, 0.25) is 0 Å². The molecule has 1 aromatic carbocycles. The molecule has 1 aromatic rings. The fourth-order valence-corrected chi connectivity index (χ4v) is 1.19. The summed E-state index contributed by atoms with van der Waals surface area (Å²) in [5, 5.41) is 19.4. The number of hydrogen-bond donors (Lipinski definition) is 0. The second-order valence-corrected chi connectivity index (χ2v) is 3.08. The second-order valence-electron chi connectivity index (χ2n) is 3.08. The van der Waals surface area contributed by atoms with Crippen molar-refractivity contribution in [1.82, 2.24) is 0 Å². The smallest absolute Gasteiger partial charge is 0.289 e. The van der Waals surface area contributed by atoms with Gasteiger partial charge >= 0.3 is 0 Å². The van der Waals surface area contributed by atoms with Gasteiger partial charge < -0.3 is 4.90 Å². The van der Waals surface area contributed by atoms with Crippen LogP contribution in [-0.2, 0) is 0 Å². The maximum Gasteiger partial charge on any atom is 0.289 e. The highest BCUT2D eigenvalue weighted by atomic mass is 16.6. The summed E-state index contributed by atoms with van der Waals surface area (Å²) in [7, 11) is 1.84. The largest absolute Gasteiger partial charge is 0.375 e. The first kappa shape index (κ1) is 11.0. The Hall–Kier alpha value is -2.09. The molecule has 0 N–H and O–H groups in total. The van der Waals surface area contributed by atoms with Crippen LogP contribution in [0.1, 0.15) is 12.5 Å². The quantitative estimate of drug-likeness (QED) is 0.558. The van der Waals surface area contributed by atoms with Gasteiger partial charge in [0.25, 0.3) is 5.69 Å². The zero-order valence-electron chi connectivity index (χ0n) is 8.60. The molecule has 5 nitrogen and oxygen atoms in total. The molecule has 0 aromatic heterocycles. The van der Waals surface area contributed by atoms with Gasteiger partial charge in [-0.25, -0.2) is 0 Å². The minimum absolute atomic E-state index is 0.0910. The van der Waals surface area contributed by atoms with Gasteiger partial charge in [-0.2, -0.15) is 5.26 Å². The van der Waals surface area contributed by atoms with E-state index >= 15 is 0 Å². The van der Waals surface area contributed by atoms with Crippen LogP contribution in [-0.4, -0.2) is 18.5 Å². The van der Waals surface area contributed by atoms with Crippen LogP contribution in [0, 0.1) is 21.4 Å². The summed E-state index contributed by atoms with van der Waals surface area (Å²) in [6.07, 6.45) is 0. The Bertz CT molecular complexity index is 423. The van der Waals surface area contributed by atoms with Crippen molar-refractivity contribution in [3.8, 4) is 6.07 Å². The minimum atomic E-state index is -0.536. The number of hydrogen-bond acceptors (Lipinski definition) is 4. The molecule has 0 aliphatic carbocycles. The van der Waals surface area contributed by atoms with Crippen LogP contribution >= 0.6 is 0 Å². The molecule has 0 spiro atoms. The van der Waals surface area contributed by atoms with Crippen molar-refractivity contribution in [2.45, 2.75) is 6.92 Å². The molecule has 0 saturated carbocycles. The Balaban J connectivity index is 3.23. The number of nitro benzene ring substituents is 1. The van der Waals surface area contributed by atoms with Crippen molar-refractivity contribution in [1.29, 1.82) is 5.26 Å². The van der Waals surface area contributed by atoms with Gasteiger partial charge in [0.15, 0.2) is 0 Å². The lowest BCUT2D eigenvalue weighted by Gasteiger charge is -2.16. The maximum atomic E-state index is 10.7. The topological polar surface area (TPSA) is 70.2 Å². The van der Waals surface area contributed by atoms with Crippen molar-refractivity contribution in [3.63, 3.8) is 0 Å². The minimum Gasteiger partial charge on any atom is -0.375 e. The Morgan fingerprint density at radius 1 is 1.60 bits per heavy atom. The molecular formula is C10H11N3O2. The van der Waals surface area contributed by atoms with E-state index < -0.39 is 4.92 Å². The average molecular weight is 205 g/mol. The zero-order valence-corrected chi connectivity index (χ0v) is 8.60. The fourth-order valence-electron chi connectivity index (χ4n) is 1.19. The van der Waals surface area contributed by atoms with Gasteiger partial charge in [0, 0.05) is 25.3 Å². The van der Waals surface area contributed by atoms with Gasteiger partial charge in [-0.05, 0) is 19.1 Å². The highest BCUT2D eigenvalue weighted by Gasteiger charge is 2.14. The highest BCUT2D eigenvalue weighted by molar-refractivity contribution is 5.59. The average Bonchev–Trinajstić information content (AvgIpc) is 2.27. The molecule has 0 aliphatic rings. The van der Waals surface area contributed by atoms with Gasteiger partial charge in [-0.3, -0.25) is 10.1 Å². The van der Waals surface area contributed by atoms with Crippen molar-refractivity contribution in [2.24, 2.45) is 0 Å². The number of nitro groups is 1. The molecule has 0 atom stereocenters. The summed E-state index contributed by atoms with van der Waals surface area (Å²) >= 11 is 0. The Kier molecular flexibility index (Phi) is 3.24. The SMILES string of the molecule is CCN(C)c1ccc(C#N)c([N+](=O)[O-])c1. The second kappa shape index (κ2) is 4.42. The molecule has 5 heteroatoms. The van der Waals surface area contributed by atoms with Crippen molar-refractivity contribution in [3.05, 3.63) is 33.9 Å². The molecule has 0 fully saturated rings. The fraction of sp³-hybridized carbons (Fsp3) is 0.300. The summed E-state index contributed by atoms with van der Waals surface area (Å²) in [5.74, 6) is 0. The van der Waals surface area contributed by atoms with Crippen molar-refractivity contribution < 1.29 is 4.92 Å². The molecule has 1 rings (SSSR count). The predicted octanol–water partition coefficient (Wildman–Crippen LogP) is 1.92. The summed E-state index contributed by atoms with van der Waals surface area (Å²) < 4.78 is 0. The van der Waals surface area contributed by atoms with Crippen LogP contribution in [0.3, 0.4) is 0 Å². The number of nitriles is 1. The summed E-state index contributed by atoms with van der Waals surface area (Å²) in [6, 6.07) is 6.39. The van der Waals surface area contributed by atoms with Crippen LogP contribution in [0.15, 0.2) is 18.2 Å². The number of benzene rings is 1. The summed E-state index contributed by atoms with van der Waals surface area (Å²) in [4.78, 5) is 12.0. The first-order chi connectivity index (χ1) is 7.10. The lowest BCUT2D eigenvalue weighted by Crippen LogP contribution is -2.15. The van der Waals surface area contributed by atoms with Crippen LogP contribution in [0.4, 0.5) is 11.4 Å². The molecule has 78 valence electrons. The summed E-state index contributed by atoms with van der Waals surface area (Å²) in [5.41, 5.74) is 0.687. The lowest BCUT2D eigenvalue weighted by atomic mass is 10.1. The van der Waals surface area contributed by atoms with Crippen LogP contribution in [0.25, 0.3) is 0 Å². The first-order valence-electron chi connectivity index (χ1n) is 4.49. The number of anilines is 1. The normalized spacial score (nSPS) is 9.40. The molecule has 0 radical (unpaired) electrons. The zero-order chi connectivity index (χ0) is 11.4. The van der Waals surface area contributed by atoms with E-state index in [1.54, 1.807) is 12.1 Å². The summed E-state index contributed by atoms with van der Waals surface area (Å²) in [6.45, 7) is 2.70. The monoisotopic (exact) mass is 205 g/mol. The highest BCUT2D eigenvalue weighted by Crippen LogP contribution is 2.24. The van der Waals surface area contributed by atoms with Crippen molar-refractivity contribution in [2.75, 3.05) is 18.5 Å². The lowest BCUT2D eigenvalue weighted by molar-refractivity contribution is -0.385. The molecule has 0 bridgehead atoms.